The second-order valence-electron chi connectivity index (χ2n) is 9.87. The molecule has 43 heavy (non-hydrogen) atoms. The van der Waals surface area contributed by atoms with E-state index in [-0.39, 0.29) is 36.2 Å². The number of carbonyl (C=O) groups is 2. The van der Waals surface area contributed by atoms with Crippen LogP contribution in [0.3, 0.4) is 0 Å². The van der Waals surface area contributed by atoms with E-state index < -0.39 is 16.1 Å². The molecule has 0 radical (unpaired) electrons. The smallest absolute Gasteiger partial charge is 0.247 e. The standard InChI is InChI=1S/C33H36N4O5S/c1-3-36-43(40,41)30-19-14-25(15-20-30)16-21-31(38)37(24-26-12-17-29(42-2)18-13-26)32(27-9-5-4-6-10-27)33(39)35-23-28-11-7-8-22-34-28/h4-15,17-20,22,32,36H,3,16,21,23-24H2,1-2H3,(H,35,39). The molecule has 9 nitrogen and oxygen atoms in total. The number of methoxy groups -OCH3 is 1. The summed E-state index contributed by atoms with van der Waals surface area (Å²) in [6.07, 6.45) is 2.15. The quantitative estimate of drug-likeness (QED) is 0.222. The summed E-state index contributed by atoms with van der Waals surface area (Å²) in [4.78, 5) is 33.8. The highest BCUT2D eigenvalue weighted by atomic mass is 32.2. The van der Waals surface area contributed by atoms with Crippen LogP contribution in [0.5, 0.6) is 5.75 Å². The van der Waals surface area contributed by atoms with Gasteiger partial charge in [-0.15, -0.1) is 0 Å². The number of carbonyl (C=O) groups excluding carboxylic acids is 2. The molecule has 10 heteroatoms. The summed E-state index contributed by atoms with van der Waals surface area (Å²) in [7, 11) is -1.98. The first-order valence-corrected chi connectivity index (χ1v) is 15.5. The highest BCUT2D eigenvalue weighted by Gasteiger charge is 2.31. The molecular formula is C33H36N4O5S. The number of hydrogen-bond acceptors (Lipinski definition) is 6. The van der Waals surface area contributed by atoms with Crippen molar-refractivity contribution in [3.63, 3.8) is 0 Å². The van der Waals surface area contributed by atoms with E-state index in [1.165, 1.54) is 12.1 Å². The first kappa shape index (κ1) is 31.4. The summed E-state index contributed by atoms with van der Waals surface area (Å²) in [5, 5.41) is 2.96. The Hall–Kier alpha value is -4.54. The molecule has 0 aliphatic carbocycles. The van der Waals surface area contributed by atoms with E-state index in [0.717, 1.165) is 11.1 Å². The highest BCUT2D eigenvalue weighted by Crippen LogP contribution is 2.26. The molecule has 0 aliphatic heterocycles. The molecule has 1 heterocycles. The van der Waals surface area contributed by atoms with Gasteiger partial charge in [-0.1, -0.05) is 67.6 Å². The Morgan fingerprint density at radius 3 is 2.19 bits per heavy atom. The van der Waals surface area contributed by atoms with E-state index in [4.69, 9.17) is 4.74 Å². The Morgan fingerprint density at radius 1 is 0.884 bits per heavy atom. The van der Waals surface area contributed by atoms with Gasteiger partial charge in [-0.05, 0) is 59.5 Å². The van der Waals surface area contributed by atoms with E-state index >= 15 is 0 Å². The van der Waals surface area contributed by atoms with Crippen LogP contribution in [0.2, 0.25) is 0 Å². The Kier molecular flexibility index (Phi) is 11.0. The van der Waals surface area contributed by atoms with Crippen LogP contribution < -0.4 is 14.8 Å². The lowest BCUT2D eigenvalue weighted by molar-refractivity contribution is -0.141. The lowest BCUT2D eigenvalue weighted by atomic mass is 10.0. The van der Waals surface area contributed by atoms with Crippen molar-refractivity contribution in [1.82, 2.24) is 19.9 Å². The van der Waals surface area contributed by atoms with Crippen LogP contribution in [0.4, 0.5) is 0 Å². The van der Waals surface area contributed by atoms with Crippen molar-refractivity contribution < 1.29 is 22.7 Å². The van der Waals surface area contributed by atoms with Crippen LogP contribution in [0, 0.1) is 0 Å². The summed E-state index contributed by atoms with van der Waals surface area (Å²) < 4.78 is 32.4. The maximum atomic E-state index is 14.0. The highest BCUT2D eigenvalue weighted by molar-refractivity contribution is 7.89. The van der Waals surface area contributed by atoms with Crippen molar-refractivity contribution in [3.05, 3.63) is 126 Å². The first-order valence-electron chi connectivity index (χ1n) is 14.0. The molecule has 2 N–H and O–H groups in total. The topological polar surface area (TPSA) is 118 Å². The number of sulfonamides is 1. The molecule has 0 spiro atoms. The number of aromatic nitrogens is 1. The molecule has 1 unspecified atom stereocenters. The van der Waals surface area contributed by atoms with Crippen molar-refractivity contribution in [3.8, 4) is 5.75 Å². The summed E-state index contributed by atoms with van der Waals surface area (Å²) in [6, 6.07) is 27.7. The molecule has 1 atom stereocenters. The lowest BCUT2D eigenvalue weighted by Crippen LogP contribution is -2.43. The van der Waals surface area contributed by atoms with Crippen molar-refractivity contribution in [2.24, 2.45) is 0 Å². The molecule has 4 aromatic rings. The summed E-state index contributed by atoms with van der Waals surface area (Å²) >= 11 is 0. The molecule has 2 amide bonds. The number of amides is 2. The zero-order valence-corrected chi connectivity index (χ0v) is 25.1. The average Bonchev–Trinajstić information content (AvgIpc) is 3.04. The Morgan fingerprint density at radius 2 is 1.56 bits per heavy atom. The molecule has 0 aliphatic rings. The molecule has 1 aromatic heterocycles. The van der Waals surface area contributed by atoms with Gasteiger partial charge in [-0.25, -0.2) is 13.1 Å². The third kappa shape index (κ3) is 8.73. The first-order chi connectivity index (χ1) is 20.8. The van der Waals surface area contributed by atoms with Gasteiger partial charge in [0, 0.05) is 25.7 Å². The third-order valence-corrected chi connectivity index (χ3v) is 8.43. The lowest BCUT2D eigenvalue weighted by Gasteiger charge is -2.32. The van der Waals surface area contributed by atoms with Gasteiger partial charge < -0.3 is 15.0 Å². The molecule has 4 rings (SSSR count). The molecular weight excluding hydrogens is 564 g/mol. The minimum absolute atomic E-state index is 0.117. The van der Waals surface area contributed by atoms with Gasteiger partial charge in [0.05, 0.1) is 24.2 Å². The molecule has 224 valence electrons. The van der Waals surface area contributed by atoms with E-state index in [1.54, 1.807) is 37.3 Å². The van der Waals surface area contributed by atoms with Crippen LogP contribution >= 0.6 is 0 Å². The zero-order chi connectivity index (χ0) is 30.7. The summed E-state index contributed by atoms with van der Waals surface area (Å²) in [5.41, 5.74) is 3.03. The molecule has 0 fully saturated rings. The molecule has 0 saturated carbocycles. The predicted octanol–water partition coefficient (Wildman–Crippen LogP) is 4.41. The summed E-state index contributed by atoms with van der Waals surface area (Å²) in [5.74, 6) is 0.146. The largest absolute Gasteiger partial charge is 0.497 e. The SMILES string of the molecule is CCNS(=O)(=O)c1ccc(CCC(=O)N(Cc2ccc(OC)cc2)C(C(=O)NCc2ccccn2)c2ccccc2)cc1. The Labute approximate surface area is 253 Å². The predicted molar refractivity (Wildman–Crippen MR) is 164 cm³/mol. The molecule has 3 aromatic carbocycles. The van der Waals surface area contributed by atoms with Gasteiger partial charge >= 0.3 is 0 Å². The third-order valence-electron chi connectivity index (χ3n) is 6.87. The van der Waals surface area contributed by atoms with Crippen LogP contribution in [0.1, 0.15) is 41.8 Å². The minimum atomic E-state index is -3.57. The minimum Gasteiger partial charge on any atom is -0.497 e. The maximum Gasteiger partial charge on any atom is 0.247 e. The number of rotatable bonds is 14. The number of benzene rings is 3. The monoisotopic (exact) mass is 600 g/mol. The fourth-order valence-electron chi connectivity index (χ4n) is 4.64. The van der Waals surface area contributed by atoms with Crippen LogP contribution in [-0.2, 0) is 39.1 Å². The fourth-order valence-corrected chi connectivity index (χ4v) is 5.68. The Balaban J connectivity index is 1.60. The number of nitrogens with one attached hydrogen (secondary N) is 2. The van der Waals surface area contributed by atoms with E-state index in [1.807, 2.05) is 72.8 Å². The molecule has 0 bridgehead atoms. The summed E-state index contributed by atoms with van der Waals surface area (Å²) in [6.45, 7) is 2.42. The van der Waals surface area contributed by atoms with Gasteiger partial charge in [0.2, 0.25) is 21.8 Å². The van der Waals surface area contributed by atoms with Crippen LogP contribution in [0.15, 0.2) is 108 Å². The zero-order valence-electron chi connectivity index (χ0n) is 24.3. The van der Waals surface area contributed by atoms with Gasteiger partial charge in [0.25, 0.3) is 0 Å². The van der Waals surface area contributed by atoms with Crippen molar-refractivity contribution in [1.29, 1.82) is 0 Å². The van der Waals surface area contributed by atoms with E-state index in [0.29, 0.717) is 30.0 Å². The van der Waals surface area contributed by atoms with Crippen LogP contribution in [-0.4, -0.2) is 43.8 Å². The normalized spacial score (nSPS) is 11.9. The van der Waals surface area contributed by atoms with Crippen molar-refractivity contribution in [2.45, 2.75) is 43.8 Å². The number of hydrogen-bond donors (Lipinski definition) is 2. The number of pyridine rings is 1. The van der Waals surface area contributed by atoms with Crippen LogP contribution in [0.25, 0.3) is 0 Å². The van der Waals surface area contributed by atoms with E-state index in [9.17, 15) is 18.0 Å². The fraction of sp³-hybridized carbons (Fsp3) is 0.242. The van der Waals surface area contributed by atoms with Gasteiger partial charge in [0.15, 0.2) is 0 Å². The van der Waals surface area contributed by atoms with Gasteiger partial charge in [-0.2, -0.15) is 0 Å². The number of nitrogens with zero attached hydrogens (tertiary/aromatic N) is 2. The van der Waals surface area contributed by atoms with Crippen molar-refractivity contribution >= 4 is 21.8 Å². The average molecular weight is 601 g/mol. The second kappa shape index (κ2) is 15.1. The van der Waals surface area contributed by atoms with Gasteiger partial charge in [0.1, 0.15) is 11.8 Å². The Bertz CT molecular complexity index is 1580. The molecule has 0 saturated heterocycles. The van der Waals surface area contributed by atoms with E-state index in [2.05, 4.69) is 15.0 Å². The maximum absolute atomic E-state index is 14.0. The number of aryl methyl sites for hydroxylation is 1. The van der Waals surface area contributed by atoms with Gasteiger partial charge in [-0.3, -0.25) is 14.6 Å². The van der Waals surface area contributed by atoms with Crippen molar-refractivity contribution in [2.75, 3.05) is 13.7 Å². The second-order valence-corrected chi connectivity index (χ2v) is 11.6. The number of ether oxygens (including phenoxy) is 1.